The lowest BCUT2D eigenvalue weighted by Crippen LogP contribution is -2.04. The molecule has 2 heterocycles. The van der Waals surface area contributed by atoms with Crippen LogP contribution in [0.1, 0.15) is 16.7 Å². The standard InChI is InChI=1S/C26H16F3N3/c1-16-12-18(15-30)21(17-8-10-31-11-9-17)14-25(16)32-23-5-3-2-4-20(23)22-13-19(26(27,28)29)6-7-24(22)32/h2-14H,1H3. The first kappa shape index (κ1) is 19.8. The second kappa shape index (κ2) is 7.24. The summed E-state index contributed by atoms with van der Waals surface area (Å²) in [5.41, 5.74) is 4.57. The summed E-state index contributed by atoms with van der Waals surface area (Å²) in [6.07, 6.45) is -1.10. The number of halogens is 3. The zero-order valence-corrected chi connectivity index (χ0v) is 17.0. The second-order valence-electron chi connectivity index (χ2n) is 7.61. The van der Waals surface area contributed by atoms with Crippen molar-refractivity contribution in [2.75, 3.05) is 0 Å². The van der Waals surface area contributed by atoms with Gasteiger partial charge in [0.1, 0.15) is 0 Å². The predicted molar refractivity (Wildman–Crippen MR) is 118 cm³/mol. The van der Waals surface area contributed by atoms with Gasteiger partial charge in [0.2, 0.25) is 0 Å². The first-order valence-corrected chi connectivity index (χ1v) is 9.94. The van der Waals surface area contributed by atoms with E-state index in [1.165, 1.54) is 12.1 Å². The van der Waals surface area contributed by atoms with Crippen molar-refractivity contribution in [2.45, 2.75) is 13.1 Å². The highest BCUT2D eigenvalue weighted by Crippen LogP contribution is 2.38. The average molecular weight is 427 g/mol. The van der Waals surface area contributed by atoms with Gasteiger partial charge in [-0.15, -0.1) is 0 Å². The Hall–Kier alpha value is -4.11. The Bertz CT molecular complexity index is 1520. The lowest BCUT2D eigenvalue weighted by molar-refractivity contribution is -0.137. The molecule has 6 heteroatoms. The quantitative estimate of drug-likeness (QED) is 0.303. The third-order valence-corrected chi connectivity index (χ3v) is 5.69. The number of aryl methyl sites for hydroxylation is 1. The van der Waals surface area contributed by atoms with Gasteiger partial charge in [-0.1, -0.05) is 18.2 Å². The number of nitriles is 1. The fraction of sp³-hybridized carbons (Fsp3) is 0.0769. The molecule has 0 saturated heterocycles. The van der Waals surface area contributed by atoms with Gasteiger partial charge in [0.25, 0.3) is 0 Å². The number of rotatable bonds is 2. The molecule has 3 nitrogen and oxygen atoms in total. The summed E-state index contributed by atoms with van der Waals surface area (Å²) in [5.74, 6) is 0. The molecule has 0 N–H and O–H groups in total. The molecule has 0 saturated carbocycles. The normalized spacial score (nSPS) is 11.7. The molecule has 0 radical (unpaired) electrons. The summed E-state index contributed by atoms with van der Waals surface area (Å²) in [5, 5.41) is 11.0. The molecule has 0 aliphatic heterocycles. The van der Waals surface area contributed by atoms with Gasteiger partial charge in [-0.3, -0.25) is 4.98 Å². The van der Waals surface area contributed by atoms with E-state index in [9.17, 15) is 18.4 Å². The maximum Gasteiger partial charge on any atom is 0.416 e. The summed E-state index contributed by atoms with van der Waals surface area (Å²) >= 11 is 0. The smallest absolute Gasteiger partial charge is 0.309 e. The Morgan fingerprint density at radius 1 is 0.875 bits per heavy atom. The molecule has 5 aromatic rings. The van der Waals surface area contributed by atoms with E-state index in [-0.39, 0.29) is 0 Å². The lowest BCUT2D eigenvalue weighted by atomic mass is 9.97. The van der Waals surface area contributed by atoms with Gasteiger partial charge in [0.05, 0.1) is 28.2 Å². The lowest BCUT2D eigenvalue weighted by Gasteiger charge is -2.15. The Balaban J connectivity index is 1.86. The fourth-order valence-corrected chi connectivity index (χ4v) is 4.21. The zero-order chi connectivity index (χ0) is 22.5. The molecule has 2 aromatic heterocycles. The SMILES string of the molecule is Cc1cc(C#N)c(-c2ccncc2)cc1-n1c2ccccc2c2cc(C(F)(F)F)ccc21. The maximum absolute atomic E-state index is 13.4. The first-order chi connectivity index (χ1) is 15.4. The van der Waals surface area contributed by atoms with Crippen LogP contribution in [0.4, 0.5) is 13.2 Å². The van der Waals surface area contributed by atoms with E-state index in [0.717, 1.165) is 39.3 Å². The Labute approximate surface area is 182 Å². The Kier molecular flexibility index (Phi) is 4.49. The number of aromatic nitrogens is 2. The molecular formula is C26H16F3N3. The zero-order valence-electron chi connectivity index (χ0n) is 17.0. The van der Waals surface area contributed by atoms with Crippen LogP contribution in [0.3, 0.4) is 0 Å². The average Bonchev–Trinajstić information content (AvgIpc) is 3.12. The number of nitrogens with zero attached hydrogens (tertiary/aromatic N) is 3. The molecule has 0 unspecified atom stereocenters. The van der Waals surface area contributed by atoms with Gasteiger partial charge in [0.15, 0.2) is 0 Å². The molecule has 3 aromatic carbocycles. The molecule has 0 amide bonds. The predicted octanol–water partition coefficient (Wildman–Crippen LogP) is 7.04. The van der Waals surface area contributed by atoms with E-state index in [1.54, 1.807) is 12.4 Å². The number of hydrogen-bond donors (Lipinski definition) is 0. The highest BCUT2D eigenvalue weighted by Gasteiger charge is 2.31. The van der Waals surface area contributed by atoms with E-state index in [2.05, 4.69) is 11.1 Å². The van der Waals surface area contributed by atoms with Crippen molar-refractivity contribution in [2.24, 2.45) is 0 Å². The minimum absolute atomic E-state index is 0.526. The van der Waals surface area contributed by atoms with Crippen molar-refractivity contribution < 1.29 is 13.2 Å². The molecule has 0 aliphatic rings. The largest absolute Gasteiger partial charge is 0.416 e. The van der Waals surface area contributed by atoms with Crippen LogP contribution >= 0.6 is 0 Å². The van der Waals surface area contributed by atoms with Gasteiger partial charge in [-0.25, -0.2) is 0 Å². The monoisotopic (exact) mass is 427 g/mol. The van der Waals surface area contributed by atoms with E-state index >= 15 is 0 Å². The number of para-hydroxylation sites is 1. The molecule has 0 atom stereocenters. The van der Waals surface area contributed by atoms with Crippen LogP contribution in [0.15, 0.2) is 79.1 Å². The number of hydrogen-bond acceptors (Lipinski definition) is 2. The van der Waals surface area contributed by atoms with Gasteiger partial charge in [-0.2, -0.15) is 18.4 Å². The van der Waals surface area contributed by atoms with E-state index in [1.807, 2.05) is 60.0 Å². The van der Waals surface area contributed by atoms with Crippen LogP contribution in [0.2, 0.25) is 0 Å². The summed E-state index contributed by atoms with van der Waals surface area (Å²) in [7, 11) is 0. The van der Waals surface area contributed by atoms with Crippen LogP contribution in [-0.4, -0.2) is 9.55 Å². The summed E-state index contributed by atoms with van der Waals surface area (Å²) in [6.45, 7) is 1.90. The van der Waals surface area contributed by atoms with Crippen molar-refractivity contribution in [1.82, 2.24) is 9.55 Å². The van der Waals surface area contributed by atoms with E-state index in [4.69, 9.17) is 0 Å². The number of pyridine rings is 1. The van der Waals surface area contributed by atoms with Crippen LogP contribution in [0.25, 0.3) is 38.6 Å². The molecule has 0 bridgehead atoms. The minimum atomic E-state index is -4.42. The van der Waals surface area contributed by atoms with Gasteiger partial charge < -0.3 is 4.57 Å². The molecule has 0 spiro atoms. The summed E-state index contributed by atoms with van der Waals surface area (Å²) in [6, 6.07) is 20.9. The first-order valence-electron chi connectivity index (χ1n) is 9.94. The van der Waals surface area contributed by atoms with Crippen molar-refractivity contribution in [3.05, 3.63) is 95.8 Å². The summed E-state index contributed by atoms with van der Waals surface area (Å²) in [4.78, 5) is 4.05. The third-order valence-electron chi connectivity index (χ3n) is 5.69. The van der Waals surface area contributed by atoms with Gasteiger partial charge >= 0.3 is 6.18 Å². The Morgan fingerprint density at radius 2 is 1.59 bits per heavy atom. The van der Waals surface area contributed by atoms with Crippen LogP contribution in [0, 0.1) is 18.3 Å². The van der Waals surface area contributed by atoms with Crippen LogP contribution in [0.5, 0.6) is 0 Å². The molecule has 0 aliphatic carbocycles. The number of fused-ring (bicyclic) bond motifs is 3. The topological polar surface area (TPSA) is 41.6 Å². The van der Waals surface area contributed by atoms with Crippen LogP contribution < -0.4 is 0 Å². The van der Waals surface area contributed by atoms with Crippen molar-refractivity contribution in [1.29, 1.82) is 5.26 Å². The number of benzene rings is 3. The molecule has 0 fully saturated rings. The van der Waals surface area contributed by atoms with Crippen molar-refractivity contribution >= 4 is 21.8 Å². The minimum Gasteiger partial charge on any atom is -0.309 e. The second-order valence-corrected chi connectivity index (χ2v) is 7.61. The molecule has 32 heavy (non-hydrogen) atoms. The van der Waals surface area contributed by atoms with Gasteiger partial charge in [0, 0.05) is 34.4 Å². The maximum atomic E-state index is 13.4. The van der Waals surface area contributed by atoms with E-state index < -0.39 is 11.7 Å². The highest BCUT2D eigenvalue weighted by atomic mass is 19.4. The highest BCUT2D eigenvalue weighted by molar-refractivity contribution is 6.09. The molecule has 5 rings (SSSR count). The Morgan fingerprint density at radius 3 is 2.31 bits per heavy atom. The third kappa shape index (κ3) is 3.10. The summed E-state index contributed by atoms with van der Waals surface area (Å²) < 4.78 is 42.1. The van der Waals surface area contributed by atoms with Crippen molar-refractivity contribution in [3.63, 3.8) is 0 Å². The van der Waals surface area contributed by atoms with Gasteiger partial charge in [-0.05, 0) is 66.6 Å². The van der Waals surface area contributed by atoms with Crippen molar-refractivity contribution in [3.8, 4) is 22.9 Å². The molecular weight excluding hydrogens is 411 g/mol. The van der Waals surface area contributed by atoms with E-state index in [0.29, 0.717) is 16.5 Å². The fourth-order valence-electron chi connectivity index (χ4n) is 4.21. The molecule has 156 valence electrons. The number of alkyl halides is 3. The van der Waals surface area contributed by atoms with Crippen LogP contribution in [-0.2, 0) is 6.18 Å².